The van der Waals surface area contributed by atoms with E-state index in [-0.39, 0.29) is 6.17 Å². The van der Waals surface area contributed by atoms with Gasteiger partial charge in [-0.05, 0) is 36.2 Å². The summed E-state index contributed by atoms with van der Waals surface area (Å²) >= 11 is -1.59. The van der Waals surface area contributed by atoms with Crippen molar-refractivity contribution in [3.8, 4) is 0 Å². The van der Waals surface area contributed by atoms with Crippen molar-refractivity contribution in [3.63, 3.8) is 0 Å². The third-order valence-electron chi connectivity index (χ3n) is 6.05. The first kappa shape index (κ1) is 21.6. The Kier molecular flexibility index (Phi) is 6.07. The number of rotatable bonds is 6. The lowest BCUT2D eigenvalue weighted by atomic mass is 10.1. The average molecular weight is 460 g/mol. The molecule has 0 amide bonds. The first-order valence-electron chi connectivity index (χ1n) is 11.3. The molecule has 0 spiro atoms. The summed E-state index contributed by atoms with van der Waals surface area (Å²) in [6, 6.07) is 29.5. The second kappa shape index (κ2) is 9.29. The van der Waals surface area contributed by atoms with Crippen molar-refractivity contribution >= 4 is 22.5 Å². The second-order valence-electron chi connectivity index (χ2n) is 8.21. The first-order chi connectivity index (χ1) is 16.2. The Balaban J connectivity index is 1.63. The Morgan fingerprint density at radius 3 is 2.06 bits per heavy atom. The Labute approximate surface area is 197 Å². The standard InChI is InChI=1S/C26H27N4O2S/c1-2-12-25-27(19-21-13-6-3-7-14-21)24-20-28(22-15-8-4-9-16-22)33(32)30(26(24)29(25)31)23-17-10-5-11-18-23/h3-11,13-18,25H,2,12,19-20H2,1H3/q-1. The molecule has 0 fully saturated rings. The van der Waals surface area contributed by atoms with Crippen LogP contribution in [0.4, 0.5) is 11.4 Å². The molecule has 0 bridgehead atoms. The lowest BCUT2D eigenvalue weighted by Gasteiger charge is -2.42. The van der Waals surface area contributed by atoms with Crippen molar-refractivity contribution in [1.82, 2.24) is 9.96 Å². The summed E-state index contributed by atoms with van der Waals surface area (Å²) in [7, 11) is 0. The van der Waals surface area contributed by atoms with Crippen LogP contribution in [0.3, 0.4) is 0 Å². The topological polar surface area (TPSA) is 53.1 Å². The zero-order valence-corrected chi connectivity index (χ0v) is 19.4. The summed E-state index contributed by atoms with van der Waals surface area (Å²) < 4.78 is 17.4. The molecule has 3 aromatic rings. The zero-order chi connectivity index (χ0) is 22.8. The summed E-state index contributed by atoms with van der Waals surface area (Å²) in [6.45, 7) is 3.12. The van der Waals surface area contributed by atoms with Gasteiger partial charge in [0.2, 0.25) is 11.2 Å². The molecule has 2 aliphatic rings. The number of nitrogens with zero attached hydrogens (tertiary/aromatic N) is 4. The molecular weight excluding hydrogens is 432 g/mol. The van der Waals surface area contributed by atoms with Crippen LogP contribution in [-0.4, -0.2) is 26.9 Å². The number of hydrogen-bond donors (Lipinski definition) is 0. The minimum Gasteiger partial charge on any atom is -0.756 e. The van der Waals surface area contributed by atoms with Crippen molar-refractivity contribution in [1.29, 1.82) is 0 Å². The van der Waals surface area contributed by atoms with Crippen LogP contribution in [0.5, 0.6) is 0 Å². The molecule has 0 aliphatic carbocycles. The lowest BCUT2D eigenvalue weighted by Crippen LogP contribution is -2.47. The van der Waals surface area contributed by atoms with Crippen LogP contribution in [0.25, 0.3) is 0 Å². The zero-order valence-electron chi connectivity index (χ0n) is 18.6. The number of hydroxylamine groups is 2. The molecule has 0 N–H and O–H groups in total. The molecule has 0 aromatic heterocycles. The molecule has 3 aromatic carbocycles. The van der Waals surface area contributed by atoms with Crippen LogP contribution in [0.1, 0.15) is 25.3 Å². The highest BCUT2D eigenvalue weighted by Crippen LogP contribution is 2.42. The van der Waals surface area contributed by atoms with Crippen LogP contribution < -0.4 is 8.61 Å². The van der Waals surface area contributed by atoms with Crippen molar-refractivity contribution in [2.75, 3.05) is 15.2 Å². The van der Waals surface area contributed by atoms with E-state index in [1.165, 1.54) is 0 Å². The fraction of sp³-hybridized carbons (Fsp3) is 0.231. The monoisotopic (exact) mass is 459 g/mol. The molecule has 0 radical (unpaired) electrons. The van der Waals surface area contributed by atoms with Gasteiger partial charge in [-0.3, -0.25) is 4.31 Å². The maximum absolute atomic E-state index is 13.9. The van der Waals surface area contributed by atoms with Gasteiger partial charge >= 0.3 is 0 Å². The largest absolute Gasteiger partial charge is 0.756 e. The number of anilines is 2. The van der Waals surface area contributed by atoms with Crippen LogP contribution in [-0.2, 0) is 17.7 Å². The van der Waals surface area contributed by atoms with Gasteiger partial charge in [-0.15, -0.1) is 0 Å². The molecule has 2 unspecified atom stereocenters. The molecule has 0 saturated heterocycles. The average Bonchev–Trinajstić information content (AvgIpc) is 3.11. The molecular formula is C26H27N4O2S-. The maximum atomic E-state index is 13.9. The van der Waals surface area contributed by atoms with E-state index in [1.807, 2.05) is 83.2 Å². The van der Waals surface area contributed by atoms with E-state index in [4.69, 9.17) is 0 Å². The van der Waals surface area contributed by atoms with E-state index in [2.05, 4.69) is 24.0 Å². The highest BCUT2D eigenvalue weighted by Gasteiger charge is 2.43. The Bertz CT molecular complexity index is 1140. The quantitative estimate of drug-likeness (QED) is 0.508. The lowest BCUT2D eigenvalue weighted by molar-refractivity contribution is 0.158. The molecule has 2 atom stereocenters. The normalized spacial score (nSPS) is 20.4. The Morgan fingerprint density at radius 2 is 1.45 bits per heavy atom. The van der Waals surface area contributed by atoms with Gasteiger partial charge in [-0.2, -0.15) is 0 Å². The highest BCUT2D eigenvalue weighted by atomic mass is 32.2. The minimum absolute atomic E-state index is 0.334. The van der Waals surface area contributed by atoms with Crippen LogP contribution in [0.15, 0.2) is 103 Å². The summed E-state index contributed by atoms with van der Waals surface area (Å²) in [6.07, 6.45) is 1.27. The van der Waals surface area contributed by atoms with Crippen LogP contribution >= 0.6 is 0 Å². The van der Waals surface area contributed by atoms with Crippen molar-refractivity contribution < 1.29 is 4.21 Å². The summed E-state index contributed by atoms with van der Waals surface area (Å²) in [5, 5.41) is 14.8. The third-order valence-corrected chi connectivity index (χ3v) is 7.47. The number of hydrogen-bond acceptors (Lipinski definition) is 4. The molecule has 2 heterocycles. The van der Waals surface area contributed by atoms with Crippen LogP contribution in [0.2, 0.25) is 0 Å². The van der Waals surface area contributed by atoms with Crippen molar-refractivity contribution in [2.24, 2.45) is 0 Å². The maximum Gasteiger partial charge on any atom is 0.232 e. The molecule has 7 heteroatoms. The van der Waals surface area contributed by atoms with E-state index < -0.39 is 11.2 Å². The SMILES string of the molecule is CCCC1N([O-])C2=C(CN(c3ccccc3)S(=O)N2c2ccccc2)N1Cc1ccccc1. The van der Waals surface area contributed by atoms with Gasteiger partial charge < -0.3 is 15.2 Å². The van der Waals surface area contributed by atoms with Gasteiger partial charge in [-0.25, -0.2) is 8.51 Å². The molecule has 6 nitrogen and oxygen atoms in total. The number of benzene rings is 3. The van der Waals surface area contributed by atoms with Gasteiger partial charge in [0, 0.05) is 6.54 Å². The molecule has 2 aliphatic heterocycles. The van der Waals surface area contributed by atoms with E-state index >= 15 is 0 Å². The predicted octanol–water partition coefficient (Wildman–Crippen LogP) is 5.20. The fourth-order valence-corrected chi connectivity index (χ4v) is 5.87. The van der Waals surface area contributed by atoms with Gasteiger partial charge in [0.25, 0.3) is 0 Å². The highest BCUT2D eigenvalue weighted by molar-refractivity contribution is 7.88. The summed E-state index contributed by atoms with van der Waals surface area (Å²) in [5.74, 6) is 0.487. The van der Waals surface area contributed by atoms with E-state index in [0.29, 0.717) is 18.9 Å². The molecule has 0 saturated carbocycles. The summed E-state index contributed by atoms with van der Waals surface area (Å²) in [4.78, 5) is 2.20. The third kappa shape index (κ3) is 3.98. The number of para-hydroxylation sites is 2. The Hall–Kier alpha value is -3.29. The fourth-order valence-electron chi connectivity index (χ4n) is 4.50. The molecule has 5 rings (SSSR count). The molecule has 170 valence electrons. The predicted molar refractivity (Wildman–Crippen MR) is 134 cm³/mol. The minimum atomic E-state index is -1.59. The van der Waals surface area contributed by atoms with Gasteiger partial charge in [-0.1, -0.05) is 80.1 Å². The van der Waals surface area contributed by atoms with E-state index in [9.17, 15) is 9.42 Å². The van der Waals surface area contributed by atoms with Crippen molar-refractivity contribution in [2.45, 2.75) is 32.5 Å². The summed E-state index contributed by atoms with van der Waals surface area (Å²) in [5.41, 5.74) is 3.64. The van der Waals surface area contributed by atoms with Gasteiger partial charge in [0.05, 0.1) is 29.8 Å². The van der Waals surface area contributed by atoms with E-state index in [1.54, 1.807) is 4.31 Å². The van der Waals surface area contributed by atoms with E-state index in [0.717, 1.165) is 40.5 Å². The van der Waals surface area contributed by atoms with Crippen LogP contribution in [0, 0.1) is 5.21 Å². The van der Waals surface area contributed by atoms with Gasteiger partial charge in [0.15, 0.2) is 0 Å². The van der Waals surface area contributed by atoms with Gasteiger partial charge in [0.1, 0.15) is 5.82 Å². The molecule has 33 heavy (non-hydrogen) atoms. The second-order valence-corrected chi connectivity index (χ2v) is 9.48. The van der Waals surface area contributed by atoms with Crippen molar-refractivity contribution in [3.05, 3.63) is 113 Å². The Morgan fingerprint density at radius 1 is 0.879 bits per heavy atom. The first-order valence-corrected chi connectivity index (χ1v) is 12.3. The smallest absolute Gasteiger partial charge is 0.232 e.